The standard InChI is InChI=1S/C10H12F3N3O3/c1-10(12,13)6-14-8(17)5-15-7(4-11)2-3-9(15)16(18)19/h2-3H,4-6H2,1H3,(H,14,17). The number of aromatic nitrogens is 1. The van der Waals surface area contributed by atoms with Crippen LogP contribution in [0.4, 0.5) is 19.0 Å². The largest absolute Gasteiger partial charge is 0.358 e. The molecular weight excluding hydrogens is 267 g/mol. The zero-order chi connectivity index (χ0) is 14.6. The van der Waals surface area contributed by atoms with E-state index < -0.39 is 42.3 Å². The van der Waals surface area contributed by atoms with Gasteiger partial charge in [-0.15, -0.1) is 0 Å². The van der Waals surface area contributed by atoms with Gasteiger partial charge in [-0.3, -0.25) is 4.79 Å². The van der Waals surface area contributed by atoms with Crippen molar-refractivity contribution in [1.82, 2.24) is 9.88 Å². The first-order valence-electron chi connectivity index (χ1n) is 5.28. The fourth-order valence-corrected chi connectivity index (χ4v) is 1.41. The average Bonchev–Trinajstić information content (AvgIpc) is 2.68. The fourth-order valence-electron chi connectivity index (χ4n) is 1.41. The first kappa shape index (κ1) is 15.0. The molecule has 6 nitrogen and oxygen atoms in total. The van der Waals surface area contributed by atoms with E-state index in [1.54, 1.807) is 0 Å². The summed E-state index contributed by atoms with van der Waals surface area (Å²) in [6.07, 6.45) is 0. The lowest BCUT2D eigenvalue weighted by molar-refractivity contribution is -0.392. The molecule has 19 heavy (non-hydrogen) atoms. The SMILES string of the molecule is CC(F)(F)CNC(=O)Cn1c(CF)ccc1[N+](=O)[O-]. The molecule has 0 aliphatic carbocycles. The minimum Gasteiger partial charge on any atom is -0.358 e. The fraction of sp³-hybridized carbons (Fsp3) is 0.500. The van der Waals surface area contributed by atoms with Crippen LogP contribution >= 0.6 is 0 Å². The second kappa shape index (κ2) is 5.72. The van der Waals surface area contributed by atoms with Crippen LogP contribution < -0.4 is 5.32 Å². The van der Waals surface area contributed by atoms with Crippen molar-refractivity contribution in [1.29, 1.82) is 0 Å². The third-order valence-electron chi connectivity index (χ3n) is 2.27. The summed E-state index contributed by atoms with van der Waals surface area (Å²) in [5.41, 5.74) is -0.0647. The Morgan fingerprint density at radius 3 is 2.63 bits per heavy atom. The normalized spacial score (nSPS) is 11.4. The zero-order valence-electron chi connectivity index (χ0n) is 10.0. The quantitative estimate of drug-likeness (QED) is 0.635. The number of nitro groups is 1. The number of halogens is 3. The molecule has 0 aliphatic rings. The summed E-state index contributed by atoms with van der Waals surface area (Å²) < 4.78 is 38.5. The number of alkyl halides is 3. The Morgan fingerprint density at radius 1 is 1.53 bits per heavy atom. The van der Waals surface area contributed by atoms with E-state index in [0.717, 1.165) is 10.6 Å². The Hall–Kier alpha value is -2.06. The van der Waals surface area contributed by atoms with Crippen molar-refractivity contribution in [2.24, 2.45) is 0 Å². The van der Waals surface area contributed by atoms with E-state index in [4.69, 9.17) is 0 Å². The molecule has 9 heteroatoms. The van der Waals surface area contributed by atoms with Gasteiger partial charge in [0.05, 0.1) is 6.54 Å². The third kappa shape index (κ3) is 4.27. The topological polar surface area (TPSA) is 77.2 Å². The van der Waals surface area contributed by atoms with Gasteiger partial charge in [-0.1, -0.05) is 0 Å². The smallest absolute Gasteiger partial charge is 0.323 e. The number of rotatable bonds is 6. The van der Waals surface area contributed by atoms with E-state index in [1.807, 2.05) is 5.32 Å². The van der Waals surface area contributed by atoms with Crippen molar-refractivity contribution in [2.45, 2.75) is 26.1 Å². The number of nitrogens with one attached hydrogen (secondary N) is 1. The maximum Gasteiger partial charge on any atom is 0.323 e. The summed E-state index contributed by atoms with van der Waals surface area (Å²) in [5.74, 6) is -4.40. The lowest BCUT2D eigenvalue weighted by atomic mass is 10.4. The van der Waals surface area contributed by atoms with E-state index in [9.17, 15) is 28.1 Å². The van der Waals surface area contributed by atoms with Crippen molar-refractivity contribution in [3.05, 3.63) is 27.9 Å². The van der Waals surface area contributed by atoms with Crippen LogP contribution in [0, 0.1) is 10.1 Å². The molecule has 0 saturated carbocycles. The van der Waals surface area contributed by atoms with Crippen LogP contribution in [-0.4, -0.2) is 27.9 Å². The van der Waals surface area contributed by atoms with Gasteiger partial charge in [-0.2, -0.15) is 0 Å². The Labute approximate surface area is 106 Å². The van der Waals surface area contributed by atoms with Gasteiger partial charge in [0.1, 0.15) is 5.69 Å². The van der Waals surface area contributed by atoms with Crippen molar-refractivity contribution >= 4 is 11.7 Å². The van der Waals surface area contributed by atoms with Gasteiger partial charge in [0.25, 0.3) is 11.8 Å². The van der Waals surface area contributed by atoms with Crippen molar-refractivity contribution in [2.75, 3.05) is 6.54 Å². The molecule has 1 rings (SSSR count). The molecule has 1 heterocycles. The average molecular weight is 279 g/mol. The highest BCUT2D eigenvalue weighted by Gasteiger charge is 2.24. The molecule has 1 aromatic rings. The van der Waals surface area contributed by atoms with Gasteiger partial charge in [-0.25, -0.2) is 17.7 Å². The van der Waals surface area contributed by atoms with Crippen LogP contribution in [0.2, 0.25) is 0 Å². The monoisotopic (exact) mass is 279 g/mol. The Balaban J connectivity index is 2.78. The van der Waals surface area contributed by atoms with E-state index in [-0.39, 0.29) is 5.69 Å². The summed E-state index contributed by atoms with van der Waals surface area (Å²) in [6.45, 7) is -1.84. The second-order valence-corrected chi connectivity index (χ2v) is 4.01. The van der Waals surface area contributed by atoms with Crippen LogP contribution in [0.1, 0.15) is 12.6 Å². The molecule has 1 N–H and O–H groups in total. The second-order valence-electron chi connectivity index (χ2n) is 4.01. The third-order valence-corrected chi connectivity index (χ3v) is 2.27. The van der Waals surface area contributed by atoms with Crippen LogP contribution in [0.5, 0.6) is 0 Å². The molecule has 0 bridgehead atoms. The van der Waals surface area contributed by atoms with Crippen LogP contribution in [0.3, 0.4) is 0 Å². The number of carbonyl (C=O) groups is 1. The van der Waals surface area contributed by atoms with Gasteiger partial charge in [-0.05, 0) is 11.0 Å². The number of hydrogen-bond donors (Lipinski definition) is 1. The van der Waals surface area contributed by atoms with Gasteiger partial charge in [0.2, 0.25) is 0 Å². The molecule has 0 aliphatic heterocycles. The molecule has 1 aromatic heterocycles. The van der Waals surface area contributed by atoms with E-state index in [2.05, 4.69) is 0 Å². The highest BCUT2D eigenvalue weighted by atomic mass is 19.3. The minimum absolute atomic E-state index is 0.0647. The molecule has 0 radical (unpaired) electrons. The van der Waals surface area contributed by atoms with E-state index in [1.165, 1.54) is 6.07 Å². The Kier molecular flexibility index (Phi) is 4.52. The molecule has 0 spiro atoms. The highest BCUT2D eigenvalue weighted by Crippen LogP contribution is 2.18. The van der Waals surface area contributed by atoms with Crippen LogP contribution in [-0.2, 0) is 18.0 Å². The minimum atomic E-state index is -3.08. The molecule has 0 saturated heterocycles. The van der Waals surface area contributed by atoms with Gasteiger partial charge in [0.15, 0.2) is 13.2 Å². The molecule has 1 amide bonds. The van der Waals surface area contributed by atoms with E-state index >= 15 is 0 Å². The first-order chi connectivity index (χ1) is 8.74. The molecule has 0 aromatic carbocycles. The molecule has 106 valence electrons. The van der Waals surface area contributed by atoms with Gasteiger partial charge < -0.3 is 15.4 Å². The maximum absolute atomic E-state index is 12.6. The lowest BCUT2D eigenvalue weighted by Gasteiger charge is -2.11. The molecule has 0 atom stereocenters. The summed E-state index contributed by atoms with van der Waals surface area (Å²) in [5, 5.41) is 12.6. The molecular formula is C10H12F3N3O3. The summed E-state index contributed by atoms with van der Waals surface area (Å²) in [7, 11) is 0. The Morgan fingerprint density at radius 2 is 2.16 bits per heavy atom. The maximum atomic E-state index is 12.6. The highest BCUT2D eigenvalue weighted by molar-refractivity contribution is 5.76. The predicted octanol–water partition coefficient (Wildman–Crippen LogP) is 1.64. The lowest BCUT2D eigenvalue weighted by Crippen LogP contribution is -2.36. The van der Waals surface area contributed by atoms with Crippen molar-refractivity contribution < 1.29 is 22.9 Å². The van der Waals surface area contributed by atoms with Crippen LogP contribution in [0.15, 0.2) is 12.1 Å². The van der Waals surface area contributed by atoms with Crippen molar-refractivity contribution in [3.8, 4) is 0 Å². The predicted molar refractivity (Wildman–Crippen MR) is 59.5 cm³/mol. The summed E-state index contributed by atoms with van der Waals surface area (Å²) in [4.78, 5) is 21.3. The van der Waals surface area contributed by atoms with Crippen molar-refractivity contribution in [3.63, 3.8) is 0 Å². The summed E-state index contributed by atoms with van der Waals surface area (Å²) in [6, 6.07) is 2.22. The first-order valence-corrected chi connectivity index (χ1v) is 5.28. The number of hydrogen-bond acceptors (Lipinski definition) is 3. The van der Waals surface area contributed by atoms with E-state index in [0.29, 0.717) is 6.92 Å². The Bertz CT molecular complexity index is 482. The number of nitrogens with zero attached hydrogens (tertiary/aromatic N) is 2. The van der Waals surface area contributed by atoms with Crippen LogP contribution in [0.25, 0.3) is 0 Å². The number of amides is 1. The summed E-state index contributed by atoms with van der Waals surface area (Å²) >= 11 is 0. The van der Waals surface area contributed by atoms with Gasteiger partial charge in [0, 0.05) is 13.0 Å². The zero-order valence-corrected chi connectivity index (χ0v) is 10.0. The van der Waals surface area contributed by atoms with Gasteiger partial charge >= 0.3 is 5.82 Å². The molecule has 0 fully saturated rings. The number of carbonyl (C=O) groups excluding carboxylic acids is 1. The molecule has 0 unspecified atom stereocenters.